The van der Waals surface area contributed by atoms with E-state index >= 15 is 0 Å². The van der Waals surface area contributed by atoms with Crippen molar-refractivity contribution in [2.75, 3.05) is 45.9 Å². The number of ether oxygens (including phenoxy) is 1. The number of piperidine rings is 1. The van der Waals surface area contributed by atoms with Crippen molar-refractivity contribution < 1.29 is 38.5 Å². The first-order chi connectivity index (χ1) is 20.9. The summed E-state index contributed by atoms with van der Waals surface area (Å²) in [6.45, 7) is 12.0. The number of morpholine rings is 1. The van der Waals surface area contributed by atoms with Crippen molar-refractivity contribution in [1.82, 2.24) is 30.1 Å². The van der Waals surface area contributed by atoms with E-state index in [-0.39, 0.29) is 47.0 Å². The van der Waals surface area contributed by atoms with E-state index in [1.807, 2.05) is 23.6 Å². The monoisotopic (exact) mass is 616 g/mol. The lowest BCUT2D eigenvalue weighted by Gasteiger charge is -2.40. The maximum absolute atomic E-state index is 14.6. The van der Waals surface area contributed by atoms with Crippen LogP contribution in [0.5, 0.6) is 0 Å². The second-order valence-corrected chi connectivity index (χ2v) is 11.4. The molecule has 2 aromatic rings. The number of halogens is 1. The van der Waals surface area contributed by atoms with Crippen LogP contribution >= 0.6 is 0 Å². The lowest BCUT2D eigenvalue weighted by molar-refractivity contribution is -0.140. The summed E-state index contributed by atoms with van der Waals surface area (Å²) in [6.07, 6.45) is 1.70. The van der Waals surface area contributed by atoms with Gasteiger partial charge in [0, 0.05) is 50.9 Å². The van der Waals surface area contributed by atoms with Gasteiger partial charge in [-0.3, -0.25) is 9.59 Å². The molecule has 0 aliphatic carbocycles. The first-order valence-corrected chi connectivity index (χ1v) is 14.6. The summed E-state index contributed by atoms with van der Waals surface area (Å²) in [5.41, 5.74) is 1.07. The van der Waals surface area contributed by atoms with Crippen molar-refractivity contribution in [2.24, 2.45) is 11.8 Å². The number of amides is 2. The molecule has 14 heteroatoms. The molecular weight excluding hydrogens is 575 g/mol. The standard InChI is InChI=1S/C26H37FN6O3.C4H4O4/c1-17(2)16-32(20-13-19(14-28-15-20)25(34)31-9-11-36-12-10-31)26(35)23-24(18(3)4)33(30-29-23)22-8-6-5-7-21(22)27;5-3(6)1-2-4(7)8/h5-8,17-20,28H,9-16H2,1-4H3;1-2H,(H,5,6)(H,7,8)/b;2-1+/t19-,20+;/m1./s1. The number of carboxylic acid groups (broad SMARTS) is 2. The van der Waals surface area contributed by atoms with Crippen LogP contribution in [0.3, 0.4) is 0 Å². The zero-order valence-electron chi connectivity index (χ0n) is 25.5. The Morgan fingerprint density at radius 3 is 2.27 bits per heavy atom. The fraction of sp³-hybridized carbons (Fsp3) is 0.533. The molecule has 0 spiro atoms. The normalized spacial score (nSPS) is 18.7. The van der Waals surface area contributed by atoms with Gasteiger partial charge in [-0.25, -0.2) is 18.7 Å². The fourth-order valence-electron chi connectivity index (χ4n) is 5.22. The second-order valence-electron chi connectivity index (χ2n) is 11.4. The summed E-state index contributed by atoms with van der Waals surface area (Å²) in [6, 6.07) is 6.18. The maximum atomic E-state index is 14.6. The van der Waals surface area contributed by atoms with E-state index in [1.54, 1.807) is 18.2 Å². The zero-order chi connectivity index (χ0) is 32.4. The second kappa shape index (κ2) is 16.1. The van der Waals surface area contributed by atoms with E-state index in [0.717, 1.165) is 0 Å². The number of carbonyl (C=O) groups excluding carboxylic acids is 2. The first kappa shape index (κ1) is 34.3. The number of nitrogens with zero attached hydrogens (tertiary/aromatic N) is 5. The van der Waals surface area contributed by atoms with Crippen molar-refractivity contribution in [3.63, 3.8) is 0 Å². The van der Waals surface area contributed by atoms with Crippen molar-refractivity contribution in [3.8, 4) is 5.69 Å². The average Bonchev–Trinajstić information content (AvgIpc) is 3.44. The Morgan fingerprint density at radius 1 is 1.07 bits per heavy atom. The molecule has 3 heterocycles. The van der Waals surface area contributed by atoms with E-state index < -0.39 is 17.8 Å². The molecule has 2 atom stereocenters. The lowest BCUT2D eigenvalue weighted by Crippen LogP contribution is -2.56. The largest absolute Gasteiger partial charge is 0.478 e. The number of hydrogen-bond acceptors (Lipinski definition) is 8. The minimum Gasteiger partial charge on any atom is -0.478 e. The minimum atomic E-state index is -1.26. The molecule has 0 radical (unpaired) electrons. The molecule has 1 aromatic heterocycles. The van der Waals surface area contributed by atoms with E-state index in [9.17, 15) is 23.6 Å². The van der Waals surface area contributed by atoms with Gasteiger partial charge in [0.15, 0.2) is 5.69 Å². The number of carboxylic acids is 2. The van der Waals surface area contributed by atoms with Crippen molar-refractivity contribution >= 4 is 23.8 Å². The Balaban J connectivity index is 0.000000583. The van der Waals surface area contributed by atoms with Gasteiger partial charge in [-0.2, -0.15) is 0 Å². The van der Waals surface area contributed by atoms with Gasteiger partial charge in [-0.1, -0.05) is 45.0 Å². The Kier molecular flexibility index (Phi) is 12.5. The van der Waals surface area contributed by atoms with Crippen LogP contribution in [0, 0.1) is 17.7 Å². The topological polar surface area (TPSA) is 167 Å². The molecule has 4 rings (SSSR count). The molecule has 3 N–H and O–H groups in total. The molecule has 1 aromatic carbocycles. The van der Waals surface area contributed by atoms with Crippen LogP contribution in [0.15, 0.2) is 36.4 Å². The van der Waals surface area contributed by atoms with Crippen LogP contribution in [0.25, 0.3) is 5.69 Å². The summed E-state index contributed by atoms with van der Waals surface area (Å²) >= 11 is 0. The molecule has 0 saturated carbocycles. The molecular formula is C30H41FN6O7. The molecule has 0 unspecified atom stereocenters. The number of para-hydroxylation sites is 1. The van der Waals surface area contributed by atoms with Crippen LogP contribution in [-0.2, 0) is 19.1 Å². The zero-order valence-corrected chi connectivity index (χ0v) is 25.5. The van der Waals surface area contributed by atoms with Crippen molar-refractivity contribution in [2.45, 2.75) is 46.1 Å². The third-order valence-corrected chi connectivity index (χ3v) is 7.17. The molecule has 2 saturated heterocycles. The fourth-order valence-corrected chi connectivity index (χ4v) is 5.22. The summed E-state index contributed by atoms with van der Waals surface area (Å²) in [5.74, 6) is -3.17. The molecule has 13 nitrogen and oxygen atoms in total. The van der Waals surface area contributed by atoms with Gasteiger partial charge >= 0.3 is 11.9 Å². The molecule has 0 bridgehead atoms. The van der Waals surface area contributed by atoms with E-state index in [0.29, 0.717) is 70.2 Å². The third kappa shape index (κ3) is 9.16. The van der Waals surface area contributed by atoms with Crippen LogP contribution in [0.4, 0.5) is 4.39 Å². The minimum absolute atomic E-state index is 0.111. The van der Waals surface area contributed by atoms with Crippen LogP contribution in [-0.4, -0.2) is 111 Å². The SMILES string of the molecule is CC(C)CN(C(=O)c1nnn(-c2ccccc2F)c1C(C)C)[C@@H]1CNC[C@H](C(=O)N2CCOCC2)C1.O=C(O)/C=C/C(=O)O. The summed E-state index contributed by atoms with van der Waals surface area (Å²) in [7, 11) is 0. The number of carbonyl (C=O) groups is 4. The quantitative estimate of drug-likeness (QED) is 0.355. The smallest absolute Gasteiger partial charge is 0.328 e. The van der Waals surface area contributed by atoms with Crippen LogP contribution < -0.4 is 5.32 Å². The molecule has 2 aliphatic heterocycles. The van der Waals surface area contributed by atoms with Gasteiger partial charge in [0.2, 0.25) is 5.91 Å². The molecule has 240 valence electrons. The highest BCUT2D eigenvalue weighted by molar-refractivity contribution is 5.94. The van der Waals surface area contributed by atoms with Gasteiger partial charge in [0.1, 0.15) is 11.5 Å². The Morgan fingerprint density at radius 2 is 1.70 bits per heavy atom. The van der Waals surface area contributed by atoms with Crippen molar-refractivity contribution in [3.05, 3.63) is 53.6 Å². The van der Waals surface area contributed by atoms with Gasteiger partial charge in [-0.15, -0.1) is 5.10 Å². The summed E-state index contributed by atoms with van der Waals surface area (Å²) in [4.78, 5) is 50.0. The average molecular weight is 617 g/mol. The highest BCUT2D eigenvalue weighted by Gasteiger charge is 2.37. The van der Waals surface area contributed by atoms with E-state index in [1.165, 1.54) is 10.7 Å². The molecule has 44 heavy (non-hydrogen) atoms. The number of hydrogen-bond donors (Lipinski definition) is 3. The number of nitrogens with one attached hydrogen (secondary N) is 1. The predicted molar refractivity (Wildman–Crippen MR) is 158 cm³/mol. The Hall–Kier alpha value is -4.17. The van der Waals surface area contributed by atoms with Crippen LogP contribution in [0.1, 0.15) is 56.2 Å². The van der Waals surface area contributed by atoms with E-state index in [2.05, 4.69) is 29.5 Å². The van der Waals surface area contributed by atoms with Gasteiger partial charge < -0.3 is 30.1 Å². The predicted octanol–water partition coefficient (Wildman–Crippen LogP) is 2.18. The van der Waals surface area contributed by atoms with Crippen LogP contribution in [0.2, 0.25) is 0 Å². The molecule has 2 fully saturated rings. The number of aliphatic carboxylic acids is 2. The Labute approximate surface area is 255 Å². The maximum Gasteiger partial charge on any atom is 0.328 e. The summed E-state index contributed by atoms with van der Waals surface area (Å²) in [5, 5.41) is 27.4. The molecule has 2 aliphatic rings. The first-order valence-electron chi connectivity index (χ1n) is 14.6. The lowest BCUT2D eigenvalue weighted by atomic mass is 9.92. The third-order valence-electron chi connectivity index (χ3n) is 7.17. The number of aromatic nitrogens is 3. The highest BCUT2D eigenvalue weighted by atomic mass is 19.1. The Bertz CT molecular complexity index is 1320. The van der Waals surface area contributed by atoms with Gasteiger partial charge in [0.05, 0.1) is 24.8 Å². The van der Waals surface area contributed by atoms with E-state index in [4.69, 9.17) is 14.9 Å². The molecule has 2 amide bonds. The number of rotatable bonds is 9. The number of benzene rings is 1. The van der Waals surface area contributed by atoms with Gasteiger partial charge in [0.25, 0.3) is 5.91 Å². The van der Waals surface area contributed by atoms with Crippen molar-refractivity contribution in [1.29, 1.82) is 0 Å². The summed E-state index contributed by atoms with van der Waals surface area (Å²) < 4.78 is 21.4. The van der Waals surface area contributed by atoms with Gasteiger partial charge in [-0.05, 0) is 30.4 Å². The highest BCUT2D eigenvalue weighted by Crippen LogP contribution is 2.27.